The number of ether oxygens (including phenoxy) is 1. The van der Waals surface area contributed by atoms with E-state index < -0.39 is 0 Å². The number of allylic oxidation sites excluding steroid dienone is 1. The monoisotopic (exact) mass is 266 g/mol. The van der Waals surface area contributed by atoms with Gasteiger partial charge in [0.15, 0.2) is 5.78 Å². The highest BCUT2D eigenvalue weighted by Gasteiger charge is 2.01. The number of hydrogen-bond acceptors (Lipinski definition) is 2. The van der Waals surface area contributed by atoms with Crippen LogP contribution in [0.1, 0.15) is 28.4 Å². The number of benzene rings is 2. The van der Waals surface area contributed by atoms with Crippen LogP contribution in [0.2, 0.25) is 0 Å². The third-order valence-electron chi connectivity index (χ3n) is 3.19. The van der Waals surface area contributed by atoms with Crippen LogP contribution in [-0.2, 0) is 6.42 Å². The van der Waals surface area contributed by atoms with Crippen molar-refractivity contribution >= 4 is 11.9 Å². The molecule has 0 saturated heterocycles. The molecular weight excluding hydrogens is 248 g/mol. The molecule has 0 amide bonds. The number of hydrogen-bond donors (Lipinski definition) is 0. The SMILES string of the molecule is CCc1ccc(/C=C/C(=O)c2ccc(OC)cc2)cc1. The van der Waals surface area contributed by atoms with Gasteiger partial charge in [-0.15, -0.1) is 0 Å². The molecule has 20 heavy (non-hydrogen) atoms. The summed E-state index contributed by atoms with van der Waals surface area (Å²) in [7, 11) is 1.61. The number of methoxy groups -OCH3 is 1. The van der Waals surface area contributed by atoms with Crippen LogP contribution in [0, 0.1) is 0 Å². The lowest BCUT2D eigenvalue weighted by molar-refractivity contribution is 0.104. The Kier molecular flexibility index (Phi) is 4.72. The molecule has 0 saturated carbocycles. The summed E-state index contributed by atoms with van der Waals surface area (Å²) in [5.74, 6) is 0.743. The summed E-state index contributed by atoms with van der Waals surface area (Å²) in [5, 5.41) is 0. The molecule has 0 aliphatic rings. The molecule has 0 spiro atoms. The predicted octanol–water partition coefficient (Wildman–Crippen LogP) is 4.15. The summed E-state index contributed by atoms with van der Waals surface area (Å²) in [6.45, 7) is 2.12. The van der Waals surface area contributed by atoms with E-state index in [-0.39, 0.29) is 5.78 Å². The molecular formula is C18H18O2. The van der Waals surface area contributed by atoms with E-state index in [1.807, 2.05) is 18.2 Å². The normalized spacial score (nSPS) is 10.7. The molecule has 2 nitrogen and oxygen atoms in total. The maximum Gasteiger partial charge on any atom is 0.185 e. The van der Waals surface area contributed by atoms with Gasteiger partial charge in [-0.1, -0.05) is 37.3 Å². The summed E-state index contributed by atoms with van der Waals surface area (Å²) in [6, 6.07) is 15.3. The predicted molar refractivity (Wildman–Crippen MR) is 82.2 cm³/mol. The van der Waals surface area contributed by atoms with Gasteiger partial charge >= 0.3 is 0 Å². The first kappa shape index (κ1) is 14.1. The average Bonchev–Trinajstić information content (AvgIpc) is 2.53. The van der Waals surface area contributed by atoms with Gasteiger partial charge in [0.1, 0.15) is 5.75 Å². The zero-order valence-corrected chi connectivity index (χ0v) is 11.8. The Balaban J connectivity index is 2.07. The third-order valence-corrected chi connectivity index (χ3v) is 3.19. The molecule has 0 aromatic heterocycles. The van der Waals surface area contributed by atoms with Crippen molar-refractivity contribution < 1.29 is 9.53 Å². The first-order valence-electron chi connectivity index (χ1n) is 6.68. The third kappa shape index (κ3) is 3.58. The highest BCUT2D eigenvalue weighted by Crippen LogP contribution is 2.13. The van der Waals surface area contributed by atoms with Crippen LogP contribution >= 0.6 is 0 Å². The Bertz CT molecular complexity index is 592. The lowest BCUT2D eigenvalue weighted by Gasteiger charge is -2.00. The van der Waals surface area contributed by atoms with E-state index in [4.69, 9.17) is 4.74 Å². The molecule has 0 radical (unpaired) electrons. The molecule has 0 bridgehead atoms. The largest absolute Gasteiger partial charge is 0.497 e. The number of carbonyl (C=O) groups excluding carboxylic acids is 1. The Morgan fingerprint density at radius 1 is 1.05 bits per heavy atom. The van der Waals surface area contributed by atoms with Crippen LogP contribution in [0.3, 0.4) is 0 Å². The van der Waals surface area contributed by atoms with Crippen molar-refractivity contribution in [3.63, 3.8) is 0 Å². The highest BCUT2D eigenvalue weighted by atomic mass is 16.5. The van der Waals surface area contributed by atoms with Gasteiger partial charge in [-0.05, 0) is 47.9 Å². The van der Waals surface area contributed by atoms with E-state index in [1.165, 1.54) is 5.56 Å². The van der Waals surface area contributed by atoms with Gasteiger partial charge in [0, 0.05) is 5.56 Å². The van der Waals surface area contributed by atoms with E-state index in [0.29, 0.717) is 5.56 Å². The van der Waals surface area contributed by atoms with Gasteiger partial charge in [-0.2, -0.15) is 0 Å². The molecule has 0 unspecified atom stereocenters. The fraction of sp³-hybridized carbons (Fsp3) is 0.167. The second-order valence-corrected chi connectivity index (χ2v) is 4.52. The number of rotatable bonds is 5. The zero-order chi connectivity index (χ0) is 14.4. The van der Waals surface area contributed by atoms with E-state index >= 15 is 0 Å². The molecule has 2 aromatic carbocycles. The summed E-state index contributed by atoms with van der Waals surface area (Å²) in [6.07, 6.45) is 4.46. The maximum absolute atomic E-state index is 12.0. The van der Waals surface area contributed by atoms with Gasteiger partial charge < -0.3 is 4.74 Å². The van der Waals surface area contributed by atoms with Crippen molar-refractivity contribution in [2.24, 2.45) is 0 Å². The van der Waals surface area contributed by atoms with Crippen LogP contribution < -0.4 is 4.74 Å². The molecule has 2 heteroatoms. The quantitative estimate of drug-likeness (QED) is 0.600. The van der Waals surface area contributed by atoms with Gasteiger partial charge in [-0.3, -0.25) is 4.79 Å². The highest BCUT2D eigenvalue weighted by molar-refractivity contribution is 6.06. The second kappa shape index (κ2) is 6.71. The van der Waals surface area contributed by atoms with Crippen LogP contribution in [0.5, 0.6) is 5.75 Å². The Hall–Kier alpha value is -2.35. The minimum atomic E-state index is -0.00720. The van der Waals surface area contributed by atoms with Gasteiger partial charge in [0.25, 0.3) is 0 Å². The smallest absolute Gasteiger partial charge is 0.185 e. The first-order chi connectivity index (χ1) is 9.72. The number of carbonyl (C=O) groups is 1. The molecule has 0 heterocycles. The Morgan fingerprint density at radius 3 is 2.25 bits per heavy atom. The van der Waals surface area contributed by atoms with Crippen LogP contribution in [0.15, 0.2) is 54.6 Å². The molecule has 102 valence electrons. The molecule has 0 N–H and O–H groups in total. The van der Waals surface area contributed by atoms with E-state index in [0.717, 1.165) is 17.7 Å². The molecule has 0 fully saturated rings. The second-order valence-electron chi connectivity index (χ2n) is 4.52. The van der Waals surface area contributed by atoms with Gasteiger partial charge in [0.05, 0.1) is 7.11 Å². The first-order valence-corrected chi connectivity index (χ1v) is 6.68. The summed E-state index contributed by atoms with van der Waals surface area (Å²) in [4.78, 5) is 12.0. The molecule has 0 aliphatic heterocycles. The lowest BCUT2D eigenvalue weighted by Crippen LogP contribution is -1.94. The van der Waals surface area contributed by atoms with Crippen LogP contribution in [0.25, 0.3) is 6.08 Å². The number of aryl methyl sites for hydroxylation is 1. The minimum Gasteiger partial charge on any atom is -0.497 e. The van der Waals surface area contributed by atoms with Crippen LogP contribution in [-0.4, -0.2) is 12.9 Å². The fourth-order valence-electron chi connectivity index (χ4n) is 1.89. The van der Waals surface area contributed by atoms with Crippen molar-refractivity contribution in [2.75, 3.05) is 7.11 Å². The molecule has 0 aliphatic carbocycles. The summed E-state index contributed by atoms with van der Waals surface area (Å²) in [5.41, 5.74) is 2.99. The van der Waals surface area contributed by atoms with E-state index in [2.05, 4.69) is 19.1 Å². The van der Waals surface area contributed by atoms with Crippen LogP contribution in [0.4, 0.5) is 0 Å². The molecule has 0 atom stereocenters. The maximum atomic E-state index is 12.0. The minimum absolute atomic E-state index is 0.00720. The lowest BCUT2D eigenvalue weighted by atomic mass is 10.1. The standard InChI is InChI=1S/C18H18O2/c1-3-14-4-6-15(7-5-14)8-13-18(19)16-9-11-17(20-2)12-10-16/h4-13H,3H2,1-2H3/b13-8+. The number of ketones is 1. The Labute approximate surface area is 119 Å². The fourth-order valence-corrected chi connectivity index (χ4v) is 1.89. The van der Waals surface area contributed by atoms with Crippen molar-refractivity contribution in [2.45, 2.75) is 13.3 Å². The van der Waals surface area contributed by atoms with Crippen molar-refractivity contribution in [3.8, 4) is 5.75 Å². The summed E-state index contributed by atoms with van der Waals surface area (Å²) >= 11 is 0. The van der Waals surface area contributed by atoms with Gasteiger partial charge in [-0.25, -0.2) is 0 Å². The van der Waals surface area contributed by atoms with Crippen molar-refractivity contribution in [3.05, 3.63) is 71.3 Å². The molecule has 2 aromatic rings. The van der Waals surface area contributed by atoms with Gasteiger partial charge in [0.2, 0.25) is 0 Å². The average molecular weight is 266 g/mol. The van der Waals surface area contributed by atoms with Crippen molar-refractivity contribution in [1.82, 2.24) is 0 Å². The zero-order valence-electron chi connectivity index (χ0n) is 11.8. The Morgan fingerprint density at radius 2 is 1.70 bits per heavy atom. The topological polar surface area (TPSA) is 26.3 Å². The molecule has 2 rings (SSSR count). The van der Waals surface area contributed by atoms with E-state index in [1.54, 1.807) is 37.5 Å². The van der Waals surface area contributed by atoms with E-state index in [9.17, 15) is 4.79 Å². The van der Waals surface area contributed by atoms with Crippen molar-refractivity contribution in [1.29, 1.82) is 0 Å². The summed E-state index contributed by atoms with van der Waals surface area (Å²) < 4.78 is 5.07.